The minimum Gasteiger partial charge on any atom is -0.493 e. The molecular weight excluding hydrogens is 406 g/mol. The molecule has 0 spiro atoms. The lowest BCUT2D eigenvalue weighted by Gasteiger charge is -2.24. The Bertz CT molecular complexity index is 987. The average molecular weight is 438 g/mol. The molecule has 32 heavy (non-hydrogen) atoms. The van der Waals surface area contributed by atoms with E-state index in [4.69, 9.17) is 9.47 Å². The van der Waals surface area contributed by atoms with Gasteiger partial charge in [0.25, 0.3) is 0 Å². The van der Waals surface area contributed by atoms with E-state index in [0.29, 0.717) is 37.3 Å². The topological polar surface area (TPSA) is 80.2 Å². The van der Waals surface area contributed by atoms with E-state index in [0.717, 1.165) is 41.8 Å². The molecule has 7 nitrogen and oxygen atoms in total. The fraction of sp³-hybridized carbons (Fsp3) is 0.400. The number of methoxy groups -OCH3 is 2. The summed E-state index contributed by atoms with van der Waals surface area (Å²) in [5.41, 5.74) is 3.36. The van der Waals surface area contributed by atoms with Gasteiger partial charge in [0.1, 0.15) is 0 Å². The molecule has 0 saturated carbocycles. The number of unbranched alkanes of at least 4 members (excludes halogenated alkanes) is 2. The van der Waals surface area contributed by atoms with Crippen molar-refractivity contribution in [2.45, 2.75) is 52.0 Å². The zero-order chi connectivity index (χ0) is 22.9. The van der Waals surface area contributed by atoms with E-state index in [1.807, 2.05) is 42.5 Å². The van der Waals surface area contributed by atoms with E-state index in [2.05, 4.69) is 17.3 Å². The van der Waals surface area contributed by atoms with Crippen LogP contribution < -0.4 is 14.8 Å². The third-order valence-electron chi connectivity index (χ3n) is 5.37. The van der Waals surface area contributed by atoms with Crippen molar-refractivity contribution in [3.05, 3.63) is 53.6 Å². The van der Waals surface area contributed by atoms with Gasteiger partial charge in [0.15, 0.2) is 11.5 Å². The normalized spacial score (nSPS) is 13.5. The van der Waals surface area contributed by atoms with Gasteiger partial charge < -0.3 is 14.8 Å². The lowest BCUT2D eigenvalue weighted by molar-refractivity contribution is -0.132. The van der Waals surface area contributed by atoms with Crippen LogP contribution in [0.2, 0.25) is 0 Å². The number of rotatable bonds is 10. The summed E-state index contributed by atoms with van der Waals surface area (Å²) in [4.78, 5) is 24.6. The maximum atomic E-state index is 12.5. The molecule has 0 atom stereocenters. The van der Waals surface area contributed by atoms with Gasteiger partial charge in [0.05, 0.1) is 26.5 Å². The molecule has 0 aromatic heterocycles. The smallest absolute Gasteiger partial charge is 0.243 e. The molecule has 0 aliphatic carbocycles. The molecule has 2 aromatic rings. The molecule has 1 aliphatic rings. The number of carbonyl (C=O) groups is 2. The number of benzene rings is 2. The number of hydrogen-bond acceptors (Lipinski definition) is 5. The van der Waals surface area contributed by atoms with Crippen LogP contribution >= 0.6 is 0 Å². The number of hydrazone groups is 1. The minimum absolute atomic E-state index is 0.0124. The van der Waals surface area contributed by atoms with Crippen LogP contribution in [0.5, 0.6) is 11.5 Å². The molecule has 0 unspecified atom stereocenters. The Balaban J connectivity index is 1.72. The van der Waals surface area contributed by atoms with Gasteiger partial charge in [-0.15, -0.1) is 0 Å². The summed E-state index contributed by atoms with van der Waals surface area (Å²) >= 11 is 0. The van der Waals surface area contributed by atoms with Crippen LogP contribution in [0.4, 0.5) is 5.69 Å². The van der Waals surface area contributed by atoms with Gasteiger partial charge in [-0.3, -0.25) is 9.59 Å². The van der Waals surface area contributed by atoms with E-state index >= 15 is 0 Å². The van der Waals surface area contributed by atoms with Crippen molar-refractivity contribution in [2.24, 2.45) is 5.10 Å². The zero-order valence-corrected chi connectivity index (χ0v) is 19.0. The molecule has 1 N–H and O–H groups in total. The van der Waals surface area contributed by atoms with Gasteiger partial charge in [-0.1, -0.05) is 31.9 Å². The van der Waals surface area contributed by atoms with Crippen LogP contribution in [-0.2, 0) is 16.1 Å². The van der Waals surface area contributed by atoms with E-state index in [1.165, 1.54) is 5.01 Å². The highest BCUT2D eigenvalue weighted by Gasteiger charge is 2.22. The second-order valence-corrected chi connectivity index (χ2v) is 7.77. The summed E-state index contributed by atoms with van der Waals surface area (Å²) in [6, 6.07) is 13.2. The molecule has 170 valence electrons. The second-order valence-electron chi connectivity index (χ2n) is 7.77. The first-order valence-corrected chi connectivity index (χ1v) is 11.0. The fourth-order valence-electron chi connectivity index (χ4n) is 3.63. The van der Waals surface area contributed by atoms with Gasteiger partial charge in [-0.05, 0) is 42.3 Å². The van der Waals surface area contributed by atoms with Gasteiger partial charge in [0, 0.05) is 30.5 Å². The van der Waals surface area contributed by atoms with Crippen LogP contribution in [0, 0.1) is 0 Å². The van der Waals surface area contributed by atoms with Crippen LogP contribution in [-0.4, -0.2) is 36.8 Å². The van der Waals surface area contributed by atoms with E-state index in [9.17, 15) is 9.59 Å². The summed E-state index contributed by atoms with van der Waals surface area (Å²) in [6.45, 7) is 2.46. The molecule has 1 aliphatic heterocycles. The molecule has 0 saturated heterocycles. The van der Waals surface area contributed by atoms with Crippen LogP contribution in [0.25, 0.3) is 0 Å². The highest BCUT2D eigenvalue weighted by Crippen LogP contribution is 2.29. The zero-order valence-electron chi connectivity index (χ0n) is 19.0. The summed E-state index contributed by atoms with van der Waals surface area (Å²) in [7, 11) is 3.19. The number of nitrogens with one attached hydrogen (secondary N) is 1. The standard InChI is InChI=1S/C25H31N3O4/c1-4-5-6-10-24(29)26-20-9-7-8-18(15-20)17-28-25(30)14-12-21(27-28)19-11-13-22(31-2)23(16-19)32-3/h7-9,11,13,15-16H,4-6,10,12,14,17H2,1-3H3,(H,26,29). The molecule has 0 fully saturated rings. The number of ether oxygens (including phenoxy) is 2. The van der Waals surface area contributed by atoms with Crippen molar-refractivity contribution < 1.29 is 19.1 Å². The van der Waals surface area contributed by atoms with Crippen molar-refractivity contribution in [2.75, 3.05) is 19.5 Å². The van der Waals surface area contributed by atoms with Crippen molar-refractivity contribution in [1.29, 1.82) is 0 Å². The maximum absolute atomic E-state index is 12.5. The Morgan fingerprint density at radius 1 is 1.06 bits per heavy atom. The van der Waals surface area contributed by atoms with Crippen LogP contribution in [0.15, 0.2) is 47.6 Å². The summed E-state index contributed by atoms with van der Waals surface area (Å²) in [6.07, 6.45) is 4.49. The Labute approximate surface area is 189 Å². The maximum Gasteiger partial charge on any atom is 0.243 e. The Kier molecular flexibility index (Phi) is 8.25. The molecular formula is C25H31N3O4. The molecule has 2 aromatic carbocycles. The van der Waals surface area contributed by atoms with E-state index in [1.54, 1.807) is 14.2 Å². The highest BCUT2D eigenvalue weighted by molar-refractivity contribution is 6.04. The summed E-state index contributed by atoms with van der Waals surface area (Å²) < 4.78 is 10.7. The van der Waals surface area contributed by atoms with E-state index in [-0.39, 0.29) is 11.8 Å². The molecule has 7 heteroatoms. The first kappa shape index (κ1) is 23.3. The molecule has 0 radical (unpaired) electrons. The van der Waals surface area contributed by atoms with Crippen molar-refractivity contribution in [1.82, 2.24) is 5.01 Å². The molecule has 0 bridgehead atoms. The van der Waals surface area contributed by atoms with Crippen molar-refractivity contribution >= 4 is 23.2 Å². The number of hydrogen-bond donors (Lipinski definition) is 1. The highest BCUT2D eigenvalue weighted by atomic mass is 16.5. The van der Waals surface area contributed by atoms with Crippen molar-refractivity contribution in [3.63, 3.8) is 0 Å². The van der Waals surface area contributed by atoms with Gasteiger partial charge in [0.2, 0.25) is 11.8 Å². The molecule has 3 rings (SSSR count). The van der Waals surface area contributed by atoms with Crippen LogP contribution in [0.1, 0.15) is 56.6 Å². The van der Waals surface area contributed by atoms with Gasteiger partial charge in [-0.25, -0.2) is 5.01 Å². The average Bonchev–Trinajstić information content (AvgIpc) is 2.80. The minimum atomic E-state index is -0.0248. The Morgan fingerprint density at radius 2 is 1.88 bits per heavy atom. The second kappa shape index (κ2) is 11.3. The monoisotopic (exact) mass is 437 g/mol. The van der Waals surface area contributed by atoms with Crippen LogP contribution in [0.3, 0.4) is 0 Å². The van der Waals surface area contributed by atoms with Crippen molar-refractivity contribution in [3.8, 4) is 11.5 Å². The first-order valence-electron chi connectivity index (χ1n) is 11.0. The molecule has 2 amide bonds. The quantitative estimate of drug-likeness (QED) is 0.544. The van der Waals surface area contributed by atoms with Gasteiger partial charge >= 0.3 is 0 Å². The summed E-state index contributed by atoms with van der Waals surface area (Å²) in [5.74, 6) is 1.26. The lowest BCUT2D eigenvalue weighted by Crippen LogP contribution is -2.31. The number of carbonyl (C=O) groups excluding carboxylic acids is 2. The van der Waals surface area contributed by atoms with Gasteiger partial charge in [-0.2, -0.15) is 5.10 Å². The van der Waals surface area contributed by atoms with E-state index < -0.39 is 0 Å². The third kappa shape index (κ3) is 6.09. The Morgan fingerprint density at radius 3 is 2.62 bits per heavy atom. The summed E-state index contributed by atoms with van der Waals surface area (Å²) in [5, 5.41) is 9.06. The first-order chi connectivity index (χ1) is 15.5. The largest absolute Gasteiger partial charge is 0.493 e. The molecule has 1 heterocycles. The number of nitrogens with zero attached hydrogens (tertiary/aromatic N) is 2. The third-order valence-corrected chi connectivity index (χ3v) is 5.37. The lowest BCUT2D eigenvalue weighted by atomic mass is 10.0. The predicted molar refractivity (Wildman–Crippen MR) is 125 cm³/mol. The predicted octanol–water partition coefficient (Wildman–Crippen LogP) is 4.75. The Hall–Kier alpha value is -3.35. The SMILES string of the molecule is CCCCCC(=O)Nc1cccc(CN2N=C(c3ccc(OC)c(OC)c3)CCC2=O)c1. The fourth-order valence-corrected chi connectivity index (χ4v) is 3.63. The number of anilines is 1. The number of amides is 2.